The summed E-state index contributed by atoms with van der Waals surface area (Å²) >= 11 is 1.65. The van der Waals surface area contributed by atoms with Gasteiger partial charge in [0.05, 0.1) is 7.11 Å². The minimum Gasteiger partial charge on any atom is -0.496 e. The summed E-state index contributed by atoms with van der Waals surface area (Å²) in [6.45, 7) is 1.61. The Balaban J connectivity index is 2.52. The maximum atomic E-state index is 11.7. The highest BCUT2D eigenvalue weighted by atomic mass is 32.1. The summed E-state index contributed by atoms with van der Waals surface area (Å²) in [4.78, 5) is 11.7. The fourth-order valence-electron chi connectivity index (χ4n) is 2.26. The van der Waals surface area contributed by atoms with Gasteiger partial charge in [-0.05, 0) is 25.1 Å². The number of rotatable bonds is 2. The Morgan fingerprint density at radius 2 is 1.94 bits per heavy atom. The molecule has 0 radical (unpaired) electrons. The van der Waals surface area contributed by atoms with Crippen molar-refractivity contribution in [3.8, 4) is 5.75 Å². The molecule has 0 N–H and O–H groups in total. The molecule has 0 amide bonds. The van der Waals surface area contributed by atoms with Crippen LogP contribution in [0, 0.1) is 0 Å². The zero-order valence-electron chi connectivity index (χ0n) is 10.2. The Kier molecular flexibility index (Phi) is 2.56. The summed E-state index contributed by atoms with van der Waals surface area (Å²) < 4.78 is 7.61. The molecule has 3 rings (SSSR count). The number of carbonyl (C=O) groups excluding carboxylic acids is 1. The minimum absolute atomic E-state index is 0.103. The lowest BCUT2D eigenvalue weighted by Gasteiger charge is -2.02. The average molecular weight is 256 g/mol. The number of benzene rings is 2. The van der Waals surface area contributed by atoms with Gasteiger partial charge in [0.15, 0.2) is 5.78 Å². The molecular weight excluding hydrogens is 244 g/mol. The van der Waals surface area contributed by atoms with E-state index in [1.165, 1.54) is 0 Å². The summed E-state index contributed by atoms with van der Waals surface area (Å²) in [5.41, 5.74) is 0.788. The maximum absolute atomic E-state index is 11.7. The first-order valence-electron chi connectivity index (χ1n) is 5.71. The van der Waals surface area contributed by atoms with Crippen LogP contribution in [0.4, 0.5) is 0 Å². The average Bonchev–Trinajstić information content (AvgIpc) is 2.76. The van der Waals surface area contributed by atoms with Crippen LogP contribution >= 0.6 is 11.3 Å². The van der Waals surface area contributed by atoms with Crippen molar-refractivity contribution in [2.45, 2.75) is 6.92 Å². The smallest absolute Gasteiger partial charge is 0.161 e. The lowest BCUT2D eigenvalue weighted by Crippen LogP contribution is -1.90. The highest BCUT2D eigenvalue weighted by Crippen LogP contribution is 2.40. The SMILES string of the molecule is COc1cccc2sc3c(C(C)=O)cccc3c12. The van der Waals surface area contributed by atoms with Crippen LogP contribution in [-0.2, 0) is 0 Å². The Labute approximate surface area is 109 Å². The molecule has 3 heteroatoms. The van der Waals surface area contributed by atoms with Crippen molar-refractivity contribution in [2.75, 3.05) is 7.11 Å². The third-order valence-corrected chi connectivity index (χ3v) is 4.29. The number of hydrogen-bond donors (Lipinski definition) is 0. The van der Waals surface area contributed by atoms with Gasteiger partial charge in [0.25, 0.3) is 0 Å². The molecule has 0 unspecified atom stereocenters. The molecule has 18 heavy (non-hydrogen) atoms. The van der Waals surface area contributed by atoms with Gasteiger partial charge in [-0.1, -0.05) is 18.2 Å². The fraction of sp³-hybridized carbons (Fsp3) is 0.133. The number of Topliss-reactive ketones (excluding diaryl/α,β-unsaturated/α-hetero) is 1. The van der Waals surface area contributed by atoms with E-state index in [0.29, 0.717) is 0 Å². The molecule has 2 aromatic carbocycles. The van der Waals surface area contributed by atoms with Gasteiger partial charge < -0.3 is 4.74 Å². The summed E-state index contributed by atoms with van der Waals surface area (Å²) in [7, 11) is 1.67. The van der Waals surface area contributed by atoms with Gasteiger partial charge in [-0.2, -0.15) is 0 Å². The molecule has 0 spiro atoms. The van der Waals surface area contributed by atoms with Crippen molar-refractivity contribution in [3.05, 3.63) is 42.0 Å². The lowest BCUT2D eigenvalue weighted by atomic mass is 10.1. The molecule has 3 aromatic rings. The maximum Gasteiger partial charge on any atom is 0.161 e. The quantitative estimate of drug-likeness (QED) is 0.640. The van der Waals surface area contributed by atoms with Crippen molar-refractivity contribution < 1.29 is 9.53 Å². The largest absolute Gasteiger partial charge is 0.496 e. The van der Waals surface area contributed by atoms with Crippen LogP contribution in [0.15, 0.2) is 36.4 Å². The molecule has 1 heterocycles. The Morgan fingerprint density at radius 1 is 1.17 bits per heavy atom. The summed E-state index contributed by atoms with van der Waals surface area (Å²) in [6, 6.07) is 11.8. The van der Waals surface area contributed by atoms with Gasteiger partial charge in [-0.15, -0.1) is 11.3 Å². The molecule has 90 valence electrons. The second-order valence-corrected chi connectivity index (χ2v) is 5.23. The molecule has 0 saturated carbocycles. The molecule has 0 aliphatic carbocycles. The highest BCUT2D eigenvalue weighted by molar-refractivity contribution is 7.26. The normalized spacial score (nSPS) is 11.0. The van der Waals surface area contributed by atoms with Crippen LogP contribution in [-0.4, -0.2) is 12.9 Å². The van der Waals surface area contributed by atoms with E-state index in [1.807, 2.05) is 30.3 Å². The van der Waals surface area contributed by atoms with Gasteiger partial charge >= 0.3 is 0 Å². The number of methoxy groups -OCH3 is 1. The number of ether oxygens (including phenoxy) is 1. The Bertz CT molecular complexity index is 756. The summed E-state index contributed by atoms with van der Waals surface area (Å²) in [6.07, 6.45) is 0. The van der Waals surface area contributed by atoms with E-state index in [1.54, 1.807) is 25.4 Å². The van der Waals surface area contributed by atoms with Gasteiger partial charge in [0.2, 0.25) is 0 Å². The molecule has 0 atom stereocenters. The first kappa shape index (κ1) is 11.2. The fourth-order valence-corrected chi connectivity index (χ4v) is 3.54. The molecule has 1 aromatic heterocycles. The van der Waals surface area contributed by atoms with Crippen LogP contribution in [0.5, 0.6) is 5.75 Å². The lowest BCUT2D eigenvalue weighted by molar-refractivity contribution is 0.101. The summed E-state index contributed by atoms with van der Waals surface area (Å²) in [5.74, 6) is 0.963. The standard InChI is InChI=1S/C15H12O2S/c1-9(16)10-5-3-6-11-14-12(17-2)7-4-8-13(14)18-15(10)11/h3-8H,1-2H3. The van der Waals surface area contributed by atoms with E-state index in [0.717, 1.165) is 31.5 Å². The van der Waals surface area contributed by atoms with Crippen LogP contribution in [0.3, 0.4) is 0 Å². The molecule has 0 fully saturated rings. The van der Waals surface area contributed by atoms with E-state index < -0.39 is 0 Å². The predicted octanol–water partition coefficient (Wildman–Crippen LogP) is 4.27. The zero-order chi connectivity index (χ0) is 12.7. The second-order valence-electron chi connectivity index (χ2n) is 4.17. The van der Waals surface area contributed by atoms with Crippen molar-refractivity contribution in [1.82, 2.24) is 0 Å². The minimum atomic E-state index is 0.103. The first-order chi connectivity index (χ1) is 8.72. The molecule has 2 nitrogen and oxygen atoms in total. The number of carbonyl (C=O) groups is 1. The predicted molar refractivity (Wildman–Crippen MR) is 75.9 cm³/mol. The third-order valence-electron chi connectivity index (χ3n) is 3.08. The topological polar surface area (TPSA) is 26.3 Å². The third kappa shape index (κ3) is 1.51. The monoisotopic (exact) mass is 256 g/mol. The van der Waals surface area contributed by atoms with Crippen LogP contribution in [0.1, 0.15) is 17.3 Å². The van der Waals surface area contributed by atoms with Gasteiger partial charge in [-0.25, -0.2) is 0 Å². The molecular formula is C15H12O2S. The van der Waals surface area contributed by atoms with E-state index in [4.69, 9.17) is 4.74 Å². The molecule has 0 saturated heterocycles. The van der Waals surface area contributed by atoms with Crippen molar-refractivity contribution in [3.63, 3.8) is 0 Å². The Morgan fingerprint density at radius 3 is 2.67 bits per heavy atom. The van der Waals surface area contributed by atoms with E-state index >= 15 is 0 Å². The first-order valence-corrected chi connectivity index (χ1v) is 6.53. The number of fused-ring (bicyclic) bond motifs is 3. The van der Waals surface area contributed by atoms with Crippen molar-refractivity contribution in [1.29, 1.82) is 0 Å². The second kappa shape index (κ2) is 4.10. The molecule has 0 bridgehead atoms. The van der Waals surface area contributed by atoms with Gasteiger partial charge in [0.1, 0.15) is 5.75 Å². The molecule has 0 aliphatic rings. The van der Waals surface area contributed by atoms with Crippen molar-refractivity contribution >= 4 is 37.3 Å². The van der Waals surface area contributed by atoms with E-state index in [2.05, 4.69) is 6.07 Å². The molecule has 0 aliphatic heterocycles. The van der Waals surface area contributed by atoms with E-state index in [9.17, 15) is 4.79 Å². The zero-order valence-corrected chi connectivity index (χ0v) is 11.0. The van der Waals surface area contributed by atoms with Gasteiger partial charge in [0, 0.05) is 25.7 Å². The summed E-state index contributed by atoms with van der Waals surface area (Å²) in [5, 5.41) is 2.20. The van der Waals surface area contributed by atoms with Crippen LogP contribution in [0.2, 0.25) is 0 Å². The number of hydrogen-bond acceptors (Lipinski definition) is 3. The highest BCUT2D eigenvalue weighted by Gasteiger charge is 2.13. The van der Waals surface area contributed by atoms with Crippen molar-refractivity contribution in [2.24, 2.45) is 0 Å². The van der Waals surface area contributed by atoms with Crippen LogP contribution < -0.4 is 4.74 Å². The number of thiophene rings is 1. The number of ketones is 1. The van der Waals surface area contributed by atoms with E-state index in [-0.39, 0.29) is 5.78 Å². The Hall–Kier alpha value is -1.87. The van der Waals surface area contributed by atoms with Gasteiger partial charge in [-0.3, -0.25) is 4.79 Å². The van der Waals surface area contributed by atoms with Crippen LogP contribution in [0.25, 0.3) is 20.2 Å².